The van der Waals surface area contributed by atoms with E-state index in [2.05, 4.69) is 23.2 Å². The molecule has 1 unspecified atom stereocenters. The average Bonchev–Trinajstić information content (AvgIpc) is 3.25. The Morgan fingerprint density at radius 1 is 1.41 bits per heavy atom. The second kappa shape index (κ2) is 8.16. The molecule has 0 bridgehead atoms. The van der Waals surface area contributed by atoms with Crippen molar-refractivity contribution < 1.29 is 9.59 Å². The van der Waals surface area contributed by atoms with E-state index in [1.807, 2.05) is 26.8 Å². The molecule has 1 aliphatic heterocycles. The van der Waals surface area contributed by atoms with Crippen LogP contribution in [0.1, 0.15) is 59.8 Å². The van der Waals surface area contributed by atoms with Gasteiger partial charge in [-0.1, -0.05) is 19.9 Å². The van der Waals surface area contributed by atoms with Gasteiger partial charge in [-0.15, -0.1) is 0 Å². The zero-order valence-corrected chi connectivity index (χ0v) is 14.6. The third kappa shape index (κ3) is 3.79. The number of nitrogens with zero attached hydrogens (tertiary/aromatic N) is 1. The van der Waals surface area contributed by atoms with Crippen LogP contribution in [0.5, 0.6) is 0 Å². The SMILES string of the molecule is C/C=C\C1=C(C)CC2(CC2)N1C(C=O)CCC(=O)NC.CC. The topological polar surface area (TPSA) is 49.4 Å². The average molecular weight is 306 g/mol. The van der Waals surface area contributed by atoms with Crippen LogP contribution in [-0.4, -0.2) is 35.7 Å². The Morgan fingerprint density at radius 3 is 2.50 bits per heavy atom. The first-order chi connectivity index (χ1) is 10.6. The number of nitrogens with one attached hydrogen (secondary N) is 1. The van der Waals surface area contributed by atoms with Crippen LogP contribution in [0, 0.1) is 0 Å². The van der Waals surface area contributed by atoms with Crippen molar-refractivity contribution in [2.24, 2.45) is 0 Å². The van der Waals surface area contributed by atoms with Crippen LogP contribution in [0.4, 0.5) is 0 Å². The molecule has 1 N–H and O–H groups in total. The lowest BCUT2D eigenvalue weighted by molar-refractivity contribution is -0.121. The lowest BCUT2D eigenvalue weighted by Crippen LogP contribution is -2.42. The van der Waals surface area contributed by atoms with Crippen LogP contribution >= 0.6 is 0 Å². The van der Waals surface area contributed by atoms with Crippen molar-refractivity contribution in [2.45, 2.75) is 71.4 Å². The van der Waals surface area contributed by atoms with Crippen molar-refractivity contribution >= 4 is 12.2 Å². The summed E-state index contributed by atoms with van der Waals surface area (Å²) >= 11 is 0. The first-order valence-corrected chi connectivity index (χ1v) is 8.35. The Kier molecular flexibility index (Phi) is 6.85. The molecule has 1 amide bonds. The van der Waals surface area contributed by atoms with Crippen molar-refractivity contribution in [3.05, 3.63) is 23.4 Å². The highest BCUT2D eigenvalue weighted by molar-refractivity contribution is 5.76. The molecule has 1 atom stereocenters. The molecule has 0 aromatic heterocycles. The zero-order valence-electron chi connectivity index (χ0n) is 14.6. The van der Waals surface area contributed by atoms with Gasteiger partial charge >= 0.3 is 0 Å². The molecule has 4 nitrogen and oxygen atoms in total. The normalized spacial score (nSPS) is 20.0. The maximum Gasteiger partial charge on any atom is 0.219 e. The zero-order chi connectivity index (χ0) is 16.8. The van der Waals surface area contributed by atoms with Gasteiger partial charge in [0.05, 0.1) is 6.04 Å². The van der Waals surface area contributed by atoms with Gasteiger partial charge in [-0.05, 0) is 51.2 Å². The molecule has 1 heterocycles. The summed E-state index contributed by atoms with van der Waals surface area (Å²) in [7, 11) is 1.63. The fraction of sp³-hybridized carbons (Fsp3) is 0.667. The molecule has 22 heavy (non-hydrogen) atoms. The lowest BCUT2D eigenvalue weighted by atomic mass is 10.1. The smallest absolute Gasteiger partial charge is 0.219 e. The predicted octanol–water partition coefficient (Wildman–Crippen LogP) is 3.19. The second-order valence-electron chi connectivity index (χ2n) is 5.85. The number of hydrogen-bond donors (Lipinski definition) is 1. The second-order valence-corrected chi connectivity index (χ2v) is 5.85. The standard InChI is InChI=1S/C16H24N2O2.C2H6/c1-4-5-14-12(2)10-16(8-9-16)18(14)13(11-19)6-7-15(20)17-3;1-2/h4-5,11,13H,6-10H2,1-3H3,(H,17,20);1-2H3/b5-4-;. The van der Waals surface area contributed by atoms with Crippen LogP contribution in [0.25, 0.3) is 0 Å². The van der Waals surface area contributed by atoms with Gasteiger partial charge in [0.1, 0.15) is 6.29 Å². The first-order valence-electron chi connectivity index (χ1n) is 8.35. The molecular weight excluding hydrogens is 276 g/mol. The van der Waals surface area contributed by atoms with Gasteiger partial charge in [0.25, 0.3) is 0 Å². The van der Waals surface area contributed by atoms with E-state index in [1.165, 1.54) is 11.3 Å². The van der Waals surface area contributed by atoms with Crippen molar-refractivity contribution in [2.75, 3.05) is 7.05 Å². The van der Waals surface area contributed by atoms with Crippen LogP contribution < -0.4 is 5.32 Å². The van der Waals surface area contributed by atoms with Gasteiger partial charge in [-0.2, -0.15) is 0 Å². The molecular formula is C18H30N2O2. The molecule has 124 valence electrons. The van der Waals surface area contributed by atoms with Gasteiger partial charge in [0.2, 0.25) is 5.91 Å². The maximum atomic E-state index is 11.5. The summed E-state index contributed by atoms with van der Waals surface area (Å²) in [5.74, 6) is -0.00539. The van der Waals surface area contributed by atoms with Gasteiger partial charge in [0.15, 0.2) is 0 Å². The monoisotopic (exact) mass is 306 g/mol. The summed E-state index contributed by atoms with van der Waals surface area (Å²) in [5, 5.41) is 2.62. The molecule has 1 spiro atoms. The Hall–Kier alpha value is -1.58. The van der Waals surface area contributed by atoms with Crippen LogP contribution in [0.2, 0.25) is 0 Å². The fourth-order valence-electron chi connectivity index (χ4n) is 3.27. The van der Waals surface area contributed by atoms with E-state index in [0.29, 0.717) is 12.8 Å². The summed E-state index contributed by atoms with van der Waals surface area (Å²) in [5.41, 5.74) is 2.69. The molecule has 0 saturated heterocycles. The highest BCUT2D eigenvalue weighted by Crippen LogP contribution is 2.54. The summed E-state index contributed by atoms with van der Waals surface area (Å²) in [4.78, 5) is 25.2. The minimum Gasteiger partial charge on any atom is -0.359 e. The number of amides is 1. The molecule has 1 fully saturated rings. The number of hydrogen-bond acceptors (Lipinski definition) is 3. The van der Waals surface area contributed by atoms with E-state index in [1.54, 1.807) is 7.05 Å². The third-order valence-electron chi connectivity index (χ3n) is 4.39. The van der Waals surface area contributed by atoms with Crippen molar-refractivity contribution in [1.82, 2.24) is 10.2 Å². The first kappa shape index (κ1) is 18.5. The highest BCUT2D eigenvalue weighted by atomic mass is 16.1. The highest BCUT2D eigenvalue weighted by Gasteiger charge is 2.54. The number of allylic oxidation sites excluding steroid dienone is 2. The summed E-state index contributed by atoms with van der Waals surface area (Å²) in [6.07, 6.45) is 9.45. The molecule has 2 aliphatic rings. The maximum absolute atomic E-state index is 11.5. The predicted molar refractivity (Wildman–Crippen MR) is 90.4 cm³/mol. The minimum atomic E-state index is -0.196. The van der Waals surface area contributed by atoms with E-state index in [-0.39, 0.29) is 17.5 Å². The molecule has 0 radical (unpaired) electrons. The Bertz CT molecular complexity index is 462. The lowest BCUT2D eigenvalue weighted by Gasteiger charge is -2.34. The number of aldehydes is 1. The number of carbonyl (C=O) groups excluding carboxylic acids is 2. The van der Waals surface area contributed by atoms with Crippen molar-refractivity contribution in [1.29, 1.82) is 0 Å². The Labute approximate surface area is 134 Å². The molecule has 2 rings (SSSR count). The van der Waals surface area contributed by atoms with Gasteiger partial charge in [0, 0.05) is 24.7 Å². The van der Waals surface area contributed by atoms with Gasteiger partial charge in [-0.3, -0.25) is 4.79 Å². The molecule has 1 saturated carbocycles. The van der Waals surface area contributed by atoms with Gasteiger partial charge in [-0.25, -0.2) is 0 Å². The molecule has 0 aromatic rings. The molecule has 1 aliphatic carbocycles. The molecule has 4 heteroatoms. The van der Waals surface area contributed by atoms with E-state index in [0.717, 1.165) is 25.5 Å². The summed E-state index contributed by atoms with van der Waals surface area (Å²) < 4.78 is 0. The van der Waals surface area contributed by atoms with Crippen LogP contribution in [-0.2, 0) is 9.59 Å². The van der Waals surface area contributed by atoms with Crippen LogP contribution in [0.15, 0.2) is 23.4 Å². The van der Waals surface area contributed by atoms with Crippen molar-refractivity contribution in [3.63, 3.8) is 0 Å². The summed E-state index contributed by atoms with van der Waals surface area (Å²) in [6.45, 7) is 8.15. The summed E-state index contributed by atoms with van der Waals surface area (Å²) in [6, 6.07) is -0.196. The van der Waals surface area contributed by atoms with E-state index in [9.17, 15) is 9.59 Å². The fourth-order valence-corrected chi connectivity index (χ4v) is 3.27. The number of carbonyl (C=O) groups is 2. The number of rotatable bonds is 6. The van der Waals surface area contributed by atoms with Crippen molar-refractivity contribution in [3.8, 4) is 0 Å². The quantitative estimate of drug-likeness (QED) is 0.767. The third-order valence-corrected chi connectivity index (χ3v) is 4.39. The Morgan fingerprint density at radius 2 is 2.05 bits per heavy atom. The van der Waals surface area contributed by atoms with Crippen LogP contribution in [0.3, 0.4) is 0 Å². The molecule has 0 aromatic carbocycles. The van der Waals surface area contributed by atoms with E-state index >= 15 is 0 Å². The van der Waals surface area contributed by atoms with E-state index in [4.69, 9.17) is 0 Å². The largest absolute Gasteiger partial charge is 0.359 e. The Balaban J connectivity index is 0.00000116. The van der Waals surface area contributed by atoms with E-state index < -0.39 is 0 Å². The minimum absolute atomic E-state index is 0.00539. The van der Waals surface area contributed by atoms with Gasteiger partial charge < -0.3 is 15.0 Å².